The van der Waals surface area contributed by atoms with E-state index in [9.17, 15) is 0 Å². The highest BCUT2D eigenvalue weighted by Crippen LogP contribution is 2.45. The molecule has 9 heteroatoms. The lowest BCUT2D eigenvalue weighted by atomic mass is 10.0. The highest BCUT2D eigenvalue weighted by atomic mass is 16.5. The third-order valence-corrected chi connectivity index (χ3v) is 8.98. The van der Waals surface area contributed by atoms with Gasteiger partial charge in [0, 0.05) is 49.7 Å². The fourth-order valence-electron chi connectivity index (χ4n) is 6.49. The van der Waals surface area contributed by atoms with Crippen molar-refractivity contribution in [2.24, 2.45) is 0 Å². The molecule has 1 aliphatic carbocycles. The third-order valence-electron chi connectivity index (χ3n) is 8.98. The summed E-state index contributed by atoms with van der Waals surface area (Å²) in [5.74, 6) is 1.62. The number of hydrogen-bond donors (Lipinski definition) is 0. The Morgan fingerprint density at radius 3 is 2.77 bits per heavy atom. The lowest BCUT2D eigenvalue weighted by Gasteiger charge is -2.42. The Kier molecular flexibility index (Phi) is 7.61. The first-order valence-electron chi connectivity index (χ1n) is 14.6. The first kappa shape index (κ1) is 26.6. The Balaban J connectivity index is 1.30. The Labute approximate surface area is 238 Å². The number of likely N-dealkylation sites (tertiary alicyclic amines) is 1. The van der Waals surface area contributed by atoms with Gasteiger partial charge in [0.2, 0.25) is 6.54 Å². The summed E-state index contributed by atoms with van der Waals surface area (Å²) in [7, 11) is 2.16. The van der Waals surface area contributed by atoms with Gasteiger partial charge in [0.25, 0.3) is 0 Å². The van der Waals surface area contributed by atoms with Gasteiger partial charge in [-0.05, 0) is 69.3 Å². The van der Waals surface area contributed by atoms with E-state index in [-0.39, 0.29) is 6.04 Å². The number of nitrogens with zero attached hydrogens (tertiary/aromatic N) is 8. The molecule has 0 unspecified atom stereocenters. The number of rotatable bonds is 9. The molecule has 6 rings (SSSR count). The van der Waals surface area contributed by atoms with Gasteiger partial charge in [0.05, 0.1) is 24.1 Å². The summed E-state index contributed by atoms with van der Waals surface area (Å²) in [6, 6.07) is 3.08. The molecule has 3 fully saturated rings. The summed E-state index contributed by atoms with van der Waals surface area (Å²) in [6.45, 7) is 21.6. The molecule has 0 radical (unpaired) electrons. The number of pyridine rings is 1. The van der Waals surface area contributed by atoms with Gasteiger partial charge in [-0.1, -0.05) is 13.2 Å². The summed E-state index contributed by atoms with van der Waals surface area (Å²) in [5.41, 5.74) is 5.77. The van der Waals surface area contributed by atoms with Crippen molar-refractivity contribution in [3.05, 3.63) is 71.6 Å². The van der Waals surface area contributed by atoms with Crippen molar-refractivity contribution in [2.45, 2.75) is 56.7 Å². The predicted molar refractivity (Wildman–Crippen MR) is 158 cm³/mol. The fraction of sp³-hybridized carbons (Fsp3) is 0.548. The summed E-state index contributed by atoms with van der Waals surface area (Å²) in [6.07, 6.45) is 11.5. The number of fused-ring (bicyclic) bond motifs is 1. The van der Waals surface area contributed by atoms with E-state index in [0.29, 0.717) is 44.2 Å². The van der Waals surface area contributed by atoms with Crippen LogP contribution in [0.3, 0.4) is 0 Å². The molecule has 2 saturated heterocycles. The van der Waals surface area contributed by atoms with Crippen LogP contribution in [0.15, 0.2) is 43.4 Å². The number of likely N-dealkylation sites (N-methyl/N-ethyl adjacent to an activating group) is 1. The Morgan fingerprint density at radius 1 is 1.15 bits per heavy atom. The van der Waals surface area contributed by atoms with E-state index >= 15 is 0 Å². The normalized spacial score (nSPS) is 23.1. The van der Waals surface area contributed by atoms with Crippen molar-refractivity contribution in [2.75, 3.05) is 62.7 Å². The van der Waals surface area contributed by atoms with Gasteiger partial charge in [0.1, 0.15) is 18.5 Å². The van der Waals surface area contributed by atoms with E-state index in [1.807, 2.05) is 12.4 Å². The Morgan fingerprint density at radius 2 is 2.02 bits per heavy atom. The summed E-state index contributed by atoms with van der Waals surface area (Å²) in [4.78, 5) is 27.6. The minimum Gasteiger partial charge on any atom is -0.462 e. The van der Waals surface area contributed by atoms with E-state index in [4.69, 9.17) is 21.3 Å². The molecule has 9 nitrogen and oxygen atoms in total. The average molecular weight is 541 g/mol. The minimum atomic E-state index is 0.0375. The molecule has 2 aromatic heterocycles. The zero-order valence-corrected chi connectivity index (χ0v) is 23.6. The first-order valence-corrected chi connectivity index (χ1v) is 14.6. The maximum Gasteiger partial charge on any atom is 0.318 e. The molecular formula is C31H40N8O. The van der Waals surface area contributed by atoms with Crippen LogP contribution in [0.4, 0.5) is 11.5 Å². The molecule has 40 heavy (non-hydrogen) atoms. The monoisotopic (exact) mass is 540 g/mol. The zero-order chi connectivity index (χ0) is 27.6. The van der Waals surface area contributed by atoms with Crippen LogP contribution in [0.1, 0.15) is 48.4 Å². The number of piperazine rings is 1. The second-order valence-electron chi connectivity index (χ2n) is 11.6. The van der Waals surface area contributed by atoms with Crippen molar-refractivity contribution in [1.29, 1.82) is 0 Å². The molecule has 210 valence electrons. The van der Waals surface area contributed by atoms with Gasteiger partial charge in [-0.3, -0.25) is 4.98 Å². The van der Waals surface area contributed by atoms with Crippen molar-refractivity contribution < 1.29 is 4.74 Å². The quantitative estimate of drug-likeness (QED) is 0.351. The van der Waals surface area contributed by atoms with Crippen LogP contribution in [0.2, 0.25) is 0 Å². The van der Waals surface area contributed by atoms with E-state index in [1.165, 1.54) is 36.1 Å². The molecule has 2 aromatic rings. The standard InChI is InChI=1S/C31H40N8O/c1-5-22(2)39-16-15-38(19-25(39)17-32-3)30-27-11-14-37(29-18-33-12-10-26(29)23-8-9-23)20-28(27)34-31(35-30)40-21-24-7-6-13-36(24)4/h5,10,12,18,23-25H,1-2,6-9,11,13-17,19-21H2,4H3/t24-,25-/m0/s1. The van der Waals surface area contributed by atoms with Crippen molar-refractivity contribution in [1.82, 2.24) is 24.8 Å². The van der Waals surface area contributed by atoms with Gasteiger partial charge in [-0.25, -0.2) is 6.57 Å². The fourth-order valence-corrected chi connectivity index (χ4v) is 6.49. The lowest BCUT2D eigenvalue weighted by Crippen LogP contribution is -2.54. The van der Waals surface area contributed by atoms with Crippen LogP contribution in [-0.2, 0) is 13.0 Å². The molecule has 5 heterocycles. The smallest absolute Gasteiger partial charge is 0.318 e. The molecule has 0 aromatic carbocycles. The van der Waals surface area contributed by atoms with Crippen LogP contribution in [-0.4, -0.2) is 89.8 Å². The maximum atomic E-state index is 7.56. The van der Waals surface area contributed by atoms with E-state index in [2.05, 4.69) is 55.7 Å². The summed E-state index contributed by atoms with van der Waals surface area (Å²) < 4.78 is 6.31. The van der Waals surface area contributed by atoms with E-state index in [0.717, 1.165) is 56.2 Å². The Bertz CT molecular complexity index is 1300. The summed E-state index contributed by atoms with van der Waals surface area (Å²) >= 11 is 0. The molecular weight excluding hydrogens is 500 g/mol. The largest absolute Gasteiger partial charge is 0.462 e. The molecule has 1 saturated carbocycles. The van der Waals surface area contributed by atoms with Gasteiger partial charge < -0.3 is 29.2 Å². The van der Waals surface area contributed by atoms with E-state index < -0.39 is 0 Å². The molecule has 2 atom stereocenters. The Hall–Kier alpha value is -3.64. The number of ether oxygens (including phenoxy) is 1. The summed E-state index contributed by atoms with van der Waals surface area (Å²) in [5, 5.41) is 0. The van der Waals surface area contributed by atoms with E-state index in [1.54, 1.807) is 6.08 Å². The number of aromatic nitrogens is 3. The number of anilines is 2. The topological polar surface area (TPSA) is 65.2 Å². The zero-order valence-electron chi connectivity index (χ0n) is 23.6. The minimum absolute atomic E-state index is 0.0375. The highest BCUT2D eigenvalue weighted by Gasteiger charge is 2.35. The molecule has 4 aliphatic rings. The maximum absolute atomic E-state index is 7.56. The van der Waals surface area contributed by atoms with Crippen molar-refractivity contribution in [3.63, 3.8) is 0 Å². The predicted octanol–water partition coefficient (Wildman–Crippen LogP) is 3.89. The first-order chi connectivity index (χ1) is 19.6. The van der Waals surface area contributed by atoms with Crippen LogP contribution in [0, 0.1) is 6.57 Å². The average Bonchev–Trinajstić information content (AvgIpc) is 3.76. The second-order valence-corrected chi connectivity index (χ2v) is 11.6. The molecule has 0 spiro atoms. The van der Waals surface area contributed by atoms with Gasteiger partial charge in [-0.2, -0.15) is 9.97 Å². The van der Waals surface area contributed by atoms with Crippen LogP contribution in [0.25, 0.3) is 4.85 Å². The van der Waals surface area contributed by atoms with Crippen LogP contribution in [0.5, 0.6) is 6.01 Å². The van der Waals surface area contributed by atoms with Crippen molar-refractivity contribution in [3.8, 4) is 6.01 Å². The SMILES string of the molecule is [C-]#[N+]C[C@H]1CN(c2nc(OC[C@@H]3CCCN3C)nc3c2CCN(c2cnccc2C2CC2)C3)CCN1C(=C)C=C. The van der Waals surface area contributed by atoms with Crippen molar-refractivity contribution >= 4 is 11.5 Å². The molecule has 3 aliphatic heterocycles. The molecule has 0 N–H and O–H groups in total. The third kappa shape index (κ3) is 5.37. The highest BCUT2D eigenvalue weighted by molar-refractivity contribution is 5.59. The van der Waals surface area contributed by atoms with Crippen LogP contribution >= 0.6 is 0 Å². The van der Waals surface area contributed by atoms with Gasteiger partial charge in [-0.15, -0.1) is 0 Å². The molecule has 0 amide bonds. The molecule has 0 bridgehead atoms. The van der Waals surface area contributed by atoms with Gasteiger partial charge in [0.15, 0.2) is 0 Å². The number of hydrogen-bond acceptors (Lipinski definition) is 8. The van der Waals surface area contributed by atoms with Crippen LogP contribution < -0.4 is 14.5 Å². The van der Waals surface area contributed by atoms with Gasteiger partial charge >= 0.3 is 6.01 Å². The lowest BCUT2D eigenvalue weighted by molar-refractivity contribution is 0.187. The second kappa shape index (κ2) is 11.5. The number of allylic oxidation sites excluding steroid dienone is 1.